The van der Waals surface area contributed by atoms with Gasteiger partial charge in [0.1, 0.15) is 12.7 Å². The molecule has 0 aliphatic carbocycles. The highest BCUT2D eigenvalue weighted by Crippen LogP contribution is 2.42. The molecule has 0 spiro atoms. The van der Waals surface area contributed by atoms with Crippen LogP contribution in [-0.4, -0.2) is 54.3 Å². The van der Waals surface area contributed by atoms with Crippen LogP contribution in [-0.2, 0) is 27.9 Å². The molecule has 0 bridgehead atoms. The third kappa shape index (κ3) is 53.0. The fourth-order valence-corrected chi connectivity index (χ4v) is 6.99. The molecule has 0 aromatic carbocycles. The molecule has 0 fully saturated rings. The van der Waals surface area contributed by atoms with Gasteiger partial charge in [-0.25, -0.2) is 4.57 Å². The van der Waals surface area contributed by atoms with Crippen LogP contribution in [0.4, 0.5) is 0 Å². The molecule has 0 rings (SSSR count). The Morgan fingerprint density at radius 3 is 1.31 bits per heavy atom. The molecule has 10 heteroatoms. The molecule has 0 aromatic rings. The summed E-state index contributed by atoms with van der Waals surface area (Å²) in [4.78, 5) is 34.1. The summed E-state index contributed by atoms with van der Waals surface area (Å²) in [7, 11) is -4.45. The maximum Gasteiger partial charge on any atom is 0.472 e. The van der Waals surface area contributed by atoms with E-state index in [0.29, 0.717) is 12.8 Å². The first-order chi connectivity index (χ1) is 32.8. The van der Waals surface area contributed by atoms with E-state index in [4.69, 9.17) is 13.8 Å². The standard InChI is InChI=1S/C57H92NO8P/c1-3-5-7-9-11-13-15-17-19-21-23-25-27-29-31-33-35-37-39-41-43-45-47-49-56(60)58-51-52-65-67(62,63)66-54-55(59)53-64-57(61)50-48-46-44-42-40-38-36-34-32-30-28-26-24-22-20-18-16-14-12-10-8-6-4-2/h6,8,11-14,17-20,23-26,29-32,36,38,42,44,55,59H,3-5,7,9-10,15-16,21-22,27-28,33-35,37,39-41,43,45-54H2,1-2H3,(H,58,60)(H,62,63)/b8-6-,13-11-,14-12-,19-17-,20-18-,25-23-,26-24-,31-29-,32-30-,38-36-,44-42-. The van der Waals surface area contributed by atoms with Crippen molar-refractivity contribution in [3.8, 4) is 0 Å². The Kier molecular flexibility index (Phi) is 48.6. The van der Waals surface area contributed by atoms with Gasteiger partial charge in [-0.2, -0.15) is 0 Å². The van der Waals surface area contributed by atoms with Crippen molar-refractivity contribution in [2.45, 2.75) is 187 Å². The van der Waals surface area contributed by atoms with Gasteiger partial charge in [0, 0.05) is 19.4 Å². The van der Waals surface area contributed by atoms with E-state index in [1.54, 1.807) is 0 Å². The van der Waals surface area contributed by atoms with E-state index in [9.17, 15) is 24.2 Å². The third-order valence-corrected chi connectivity index (χ3v) is 11.0. The van der Waals surface area contributed by atoms with E-state index in [-0.39, 0.29) is 32.1 Å². The summed E-state index contributed by atoms with van der Waals surface area (Å²) in [5.41, 5.74) is 0. The van der Waals surface area contributed by atoms with Crippen LogP contribution in [0.1, 0.15) is 181 Å². The zero-order chi connectivity index (χ0) is 48.8. The number of aliphatic hydroxyl groups excluding tert-OH is 1. The predicted octanol–water partition coefficient (Wildman–Crippen LogP) is 15.4. The maximum atomic E-state index is 12.2. The topological polar surface area (TPSA) is 131 Å². The first kappa shape index (κ1) is 63.1. The molecule has 2 unspecified atom stereocenters. The second kappa shape index (κ2) is 51.5. The maximum absolute atomic E-state index is 12.2. The second-order valence-corrected chi connectivity index (χ2v) is 17.9. The molecule has 9 nitrogen and oxygen atoms in total. The third-order valence-electron chi connectivity index (χ3n) is 10.1. The monoisotopic (exact) mass is 950 g/mol. The summed E-state index contributed by atoms with van der Waals surface area (Å²) < 4.78 is 26.9. The van der Waals surface area contributed by atoms with E-state index in [1.165, 1.54) is 44.9 Å². The SMILES string of the molecule is CC/C=C\C/C=C\C/C=C\C/C=C\C/C=C\C/C=C\C/C=C\CCCC(=O)OCC(O)COP(=O)(O)OCCNC(=O)CCCCCCCCC/C=C\C/C=C\C/C=C\C/C=C\CCCCC. The minimum absolute atomic E-state index is 0.0596. The lowest BCUT2D eigenvalue weighted by atomic mass is 10.1. The van der Waals surface area contributed by atoms with Gasteiger partial charge in [-0.15, -0.1) is 0 Å². The largest absolute Gasteiger partial charge is 0.472 e. The number of hydrogen-bond donors (Lipinski definition) is 3. The molecule has 0 saturated heterocycles. The first-order valence-electron chi connectivity index (χ1n) is 25.7. The van der Waals surface area contributed by atoms with Crippen molar-refractivity contribution in [3.63, 3.8) is 0 Å². The molecule has 0 aliphatic rings. The van der Waals surface area contributed by atoms with Gasteiger partial charge >= 0.3 is 13.8 Å². The Labute approximate surface area is 408 Å². The van der Waals surface area contributed by atoms with Crippen LogP contribution in [0, 0.1) is 0 Å². The Balaban J connectivity index is 3.72. The number of amides is 1. The van der Waals surface area contributed by atoms with Crippen LogP contribution >= 0.6 is 7.82 Å². The van der Waals surface area contributed by atoms with E-state index in [1.807, 2.05) is 6.08 Å². The van der Waals surface area contributed by atoms with E-state index >= 15 is 0 Å². The van der Waals surface area contributed by atoms with Crippen LogP contribution in [0.25, 0.3) is 0 Å². The van der Waals surface area contributed by atoms with Crippen molar-refractivity contribution in [2.24, 2.45) is 0 Å². The summed E-state index contributed by atoms with van der Waals surface area (Å²) in [6.45, 7) is 3.31. The number of rotatable bonds is 46. The van der Waals surface area contributed by atoms with Gasteiger partial charge < -0.3 is 20.1 Å². The molecular weight excluding hydrogens is 858 g/mol. The summed E-state index contributed by atoms with van der Waals surface area (Å²) in [5, 5.41) is 12.7. The van der Waals surface area contributed by atoms with Crippen LogP contribution in [0.15, 0.2) is 134 Å². The van der Waals surface area contributed by atoms with Crippen LogP contribution < -0.4 is 5.32 Å². The van der Waals surface area contributed by atoms with Crippen molar-refractivity contribution in [1.29, 1.82) is 0 Å². The Morgan fingerprint density at radius 2 is 0.866 bits per heavy atom. The average Bonchev–Trinajstić information content (AvgIpc) is 3.32. The zero-order valence-corrected chi connectivity index (χ0v) is 42.7. The Morgan fingerprint density at radius 1 is 0.478 bits per heavy atom. The fraction of sp³-hybridized carbons (Fsp3) is 0.579. The van der Waals surface area contributed by atoms with Crippen molar-refractivity contribution < 1.29 is 37.9 Å². The number of carbonyl (C=O) groups is 2. The number of nitrogens with one attached hydrogen (secondary N) is 1. The van der Waals surface area contributed by atoms with Gasteiger partial charge in [0.2, 0.25) is 5.91 Å². The highest BCUT2D eigenvalue weighted by Gasteiger charge is 2.23. The highest BCUT2D eigenvalue weighted by atomic mass is 31.2. The van der Waals surface area contributed by atoms with E-state index < -0.39 is 26.5 Å². The highest BCUT2D eigenvalue weighted by molar-refractivity contribution is 7.47. The molecule has 2 atom stereocenters. The molecular formula is C57H92NO8P. The van der Waals surface area contributed by atoms with Gasteiger partial charge in [0.05, 0.1) is 13.2 Å². The lowest BCUT2D eigenvalue weighted by Gasteiger charge is -2.15. The van der Waals surface area contributed by atoms with Crippen LogP contribution in [0.3, 0.4) is 0 Å². The number of unbranched alkanes of at least 4 members (excludes halogenated alkanes) is 11. The average molecular weight is 950 g/mol. The summed E-state index contributed by atoms with van der Waals surface area (Å²) >= 11 is 0. The molecule has 3 N–H and O–H groups in total. The molecule has 0 heterocycles. The summed E-state index contributed by atoms with van der Waals surface area (Å²) in [5.74, 6) is -0.598. The van der Waals surface area contributed by atoms with Crippen molar-refractivity contribution >= 4 is 19.7 Å². The summed E-state index contributed by atoms with van der Waals surface area (Å²) in [6, 6.07) is 0. The number of ether oxygens (including phenoxy) is 1. The van der Waals surface area contributed by atoms with E-state index in [0.717, 1.165) is 103 Å². The minimum atomic E-state index is -4.45. The lowest BCUT2D eigenvalue weighted by Crippen LogP contribution is -2.27. The Bertz CT molecular complexity index is 1550. The molecule has 378 valence electrons. The minimum Gasteiger partial charge on any atom is -0.463 e. The molecule has 67 heavy (non-hydrogen) atoms. The number of aliphatic hydroxyl groups is 1. The summed E-state index contributed by atoms with van der Waals surface area (Å²) in [6.07, 6.45) is 72.5. The molecule has 0 aromatic heterocycles. The molecule has 0 saturated carbocycles. The van der Waals surface area contributed by atoms with Crippen LogP contribution in [0.2, 0.25) is 0 Å². The number of hydrogen-bond acceptors (Lipinski definition) is 7. The normalized spacial score (nSPS) is 14.3. The van der Waals surface area contributed by atoms with Gasteiger partial charge in [0.25, 0.3) is 0 Å². The van der Waals surface area contributed by atoms with Crippen molar-refractivity contribution in [3.05, 3.63) is 134 Å². The van der Waals surface area contributed by atoms with Gasteiger partial charge in [-0.3, -0.25) is 18.6 Å². The Hall–Kier alpha value is -3.85. The lowest BCUT2D eigenvalue weighted by molar-refractivity contribution is -0.147. The second-order valence-electron chi connectivity index (χ2n) is 16.4. The molecule has 0 radical (unpaired) electrons. The predicted molar refractivity (Wildman–Crippen MR) is 284 cm³/mol. The van der Waals surface area contributed by atoms with Crippen LogP contribution in [0.5, 0.6) is 0 Å². The van der Waals surface area contributed by atoms with Crippen molar-refractivity contribution in [2.75, 3.05) is 26.4 Å². The fourth-order valence-electron chi connectivity index (χ4n) is 6.23. The first-order valence-corrected chi connectivity index (χ1v) is 27.2. The number of phosphoric acid groups is 1. The number of phosphoric ester groups is 1. The number of carbonyl (C=O) groups excluding carboxylic acids is 2. The molecule has 0 aliphatic heterocycles. The van der Waals surface area contributed by atoms with Gasteiger partial charge in [-0.05, 0) is 109 Å². The number of allylic oxidation sites excluding steroid dienone is 22. The van der Waals surface area contributed by atoms with E-state index in [2.05, 4.69) is 147 Å². The molecule has 1 amide bonds. The zero-order valence-electron chi connectivity index (χ0n) is 41.8. The number of esters is 1. The van der Waals surface area contributed by atoms with Crippen molar-refractivity contribution in [1.82, 2.24) is 5.32 Å². The quantitative estimate of drug-likeness (QED) is 0.0238. The smallest absolute Gasteiger partial charge is 0.463 e. The van der Waals surface area contributed by atoms with Gasteiger partial charge in [-0.1, -0.05) is 192 Å². The van der Waals surface area contributed by atoms with Gasteiger partial charge in [0.15, 0.2) is 0 Å².